The molecule has 0 unspecified atom stereocenters. The van der Waals surface area contributed by atoms with Gasteiger partial charge in [-0.1, -0.05) is 88.5 Å². The molecule has 0 radical (unpaired) electrons. The zero-order chi connectivity index (χ0) is 32.5. The van der Waals surface area contributed by atoms with Gasteiger partial charge in [0.2, 0.25) is 5.90 Å². The van der Waals surface area contributed by atoms with E-state index in [4.69, 9.17) is 48.3 Å². The average molecular weight is 659 g/mol. The number of nitrogens with zero attached hydrogens (tertiary/aromatic N) is 4. The third kappa shape index (κ3) is 7.63. The molecule has 9 nitrogen and oxygen atoms in total. The summed E-state index contributed by atoms with van der Waals surface area (Å²) in [6.07, 6.45) is -0.292. The van der Waals surface area contributed by atoms with Gasteiger partial charge < -0.3 is 19.9 Å². The largest absolute Gasteiger partial charge is 0.494 e. The maximum absolute atomic E-state index is 14.6. The van der Waals surface area contributed by atoms with Crippen molar-refractivity contribution in [3.8, 4) is 5.75 Å². The van der Waals surface area contributed by atoms with E-state index in [0.717, 1.165) is 22.3 Å². The molecule has 46 heavy (non-hydrogen) atoms. The van der Waals surface area contributed by atoms with Crippen molar-refractivity contribution >= 4 is 35.0 Å². The molecule has 0 bridgehead atoms. The van der Waals surface area contributed by atoms with Crippen LogP contribution in [0.4, 0.5) is 0 Å². The summed E-state index contributed by atoms with van der Waals surface area (Å²) in [4.78, 5) is 22.6. The van der Waals surface area contributed by atoms with E-state index < -0.39 is 11.6 Å². The van der Waals surface area contributed by atoms with Crippen LogP contribution in [0.5, 0.6) is 5.75 Å². The number of aliphatic hydroxyl groups is 1. The summed E-state index contributed by atoms with van der Waals surface area (Å²) in [6.45, 7) is 2.79. The van der Waals surface area contributed by atoms with Crippen LogP contribution in [0, 0.1) is 6.92 Å². The van der Waals surface area contributed by atoms with Crippen LogP contribution in [0.2, 0.25) is 10.0 Å². The lowest BCUT2D eigenvalue weighted by molar-refractivity contribution is -0.129. The van der Waals surface area contributed by atoms with Crippen LogP contribution in [0.1, 0.15) is 45.9 Å². The Kier molecular flexibility index (Phi) is 10.8. The quantitative estimate of drug-likeness (QED) is 0.0661. The van der Waals surface area contributed by atoms with Gasteiger partial charge in [0.25, 0.3) is 5.91 Å². The smallest absolute Gasteiger partial charge is 0.252 e. The third-order valence-corrected chi connectivity index (χ3v) is 8.26. The molecular weight excluding hydrogens is 625 g/mol. The van der Waals surface area contributed by atoms with E-state index in [1.807, 2.05) is 67.6 Å². The van der Waals surface area contributed by atoms with Gasteiger partial charge in [-0.25, -0.2) is 4.99 Å². The van der Waals surface area contributed by atoms with E-state index in [-0.39, 0.29) is 37.9 Å². The lowest BCUT2D eigenvalue weighted by atomic mass is 9.80. The maximum Gasteiger partial charge on any atom is 0.252 e. The van der Waals surface area contributed by atoms with Crippen LogP contribution >= 0.6 is 23.2 Å². The summed E-state index contributed by atoms with van der Waals surface area (Å²) in [6, 6.07) is 27.6. The minimum absolute atomic E-state index is 0.0391. The Labute approximate surface area is 277 Å². The Bertz CT molecular complexity index is 1780. The van der Waals surface area contributed by atoms with Crippen LogP contribution in [-0.2, 0) is 29.0 Å². The predicted molar refractivity (Wildman–Crippen MR) is 179 cm³/mol. The Morgan fingerprint density at radius 1 is 1.07 bits per heavy atom. The van der Waals surface area contributed by atoms with Gasteiger partial charge in [0.15, 0.2) is 11.6 Å². The minimum Gasteiger partial charge on any atom is -0.494 e. The number of hydrogen-bond acceptors (Lipinski definition) is 6. The highest BCUT2D eigenvalue weighted by atomic mass is 35.5. The molecule has 2 N–H and O–H groups in total. The molecule has 0 aliphatic carbocycles. The zero-order valence-corrected chi connectivity index (χ0v) is 26.7. The zero-order valence-electron chi connectivity index (χ0n) is 25.2. The number of aliphatic imine (C=N–C) groups is 1. The van der Waals surface area contributed by atoms with E-state index in [1.165, 1.54) is 0 Å². The van der Waals surface area contributed by atoms with Crippen LogP contribution < -0.4 is 10.1 Å². The fourth-order valence-corrected chi connectivity index (χ4v) is 5.92. The molecule has 1 heterocycles. The molecule has 1 aliphatic rings. The van der Waals surface area contributed by atoms with Gasteiger partial charge in [0.1, 0.15) is 5.75 Å². The second-order valence-corrected chi connectivity index (χ2v) is 11.8. The van der Waals surface area contributed by atoms with Crippen molar-refractivity contribution in [1.82, 2.24) is 5.32 Å². The molecule has 5 rings (SSSR count). The summed E-state index contributed by atoms with van der Waals surface area (Å²) < 4.78 is 12.3. The van der Waals surface area contributed by atoms with Crippen molar-refractivity contribution < 1.29 is 19.4 Å². The van der Waals surface area contributed by atoms with Crippen molar-refractivity contribution in [3.05, 3.63) is 145 Å². The SMILES string of the molecule is Cc1cccc(CNC(=O)[C@]2(Cc3ccccc3CN=[N+]=[N-])N=C(c3ccc(OCCCO)cc3)O[C@@H]2c2ccc(Cl)cc2Cl)c1. The topological polar surface area (TPSA) is 129 Å². The van der Waals surface area contributed by atoms with Crippen LogP contribution in [0.15, 0.2) is 101 Å². The first-order valence-electron chi connectivity index (χ1n) is 14.8. The van der Waals surface area contributed by atoms with Gasteiger partial charge in [-0.2, -0.15) is 0 Å². The summed E-state index contributed by atoms with van der Waals surface area (Å²) in [5, 5.41) is 16.7. The second kappa shape index (κ2) is 15.2. The van der Waals surface area contributed by atoms with Gasteiger partial charge >= 0.3 is 0 Å². The van der Waals surface area contributed by atoms with Crippen molar-refractivity contribution in [2.45, 2.75) is 44.5 Å². The molecule has 4 aromatic carbocycles. The van der Waals surface area contributed by atoms with Gasteiger partial charge in [0.05, 0.1) is 13.2 Å². The number of nitrogens with one attached hydrogen (secondary N) is 1. The van der Waals surface area contributed by atoms with Gasteiger partial charge in [-0.05, 0) is 65.5 Å². The number of carbonyl (C=O) groups is 1. The predicted octanol–water partition coefficient (Wildman–Crippen LogP) is 7.69. The second-order valence-electron chi connectivity index (χ2n) is 11.0. The molecule has 236 valence electrons. The monoisotopic (exact) mass is 657 g/mol. The van der Waals surface area contributed by atoms with Crippen LogP contribution in [0.3, 0.4) is 0 Å². The first kappa shape index (κ1) is 32.9. The van der Waals surface area contributed by atoms with E-state index in [2.05, 4.69) is 15.3 Å². The number of benzene rings is 4. The molecule has 1 aliphatic heterocycles. The van der Waals surface area contributed by atoms with E-state index in [0.29, 0.717) is 39.9 Å². The normalized spacial score (nSPS) is 17.0. The lowest BCUT2D eigenvalue weighted by Crippen LogP contribution is -2.50. The first-order valence-corrected chi connectivity index (χ1v) is 15.6. The Morgan fingerprint density at radius 3 is 2.57 bits per heavy atom. The summed E-state index contributed by atoms with van der Waals surface area (Å²) >= 11 is 13.0. The van der Waals surface area contributed by atoms with Gasteiger partial charge in [-0.15, -0.1) is 0 Å². The standard InChI is InChI=1S/C35H33Cl2N5O4/c1-23-6-4-7-24(18-23)21-39-34(44)35(20-26-8-2-3-9-27(26)22-40-42-38)32(30-15-12-28(36)19-31(30)37)46-33(41-35)25-10-13-29(14-11-25)45-17-5-16-43/h2-4,6-15,18-19,32,43H,5,16-17,20-22H2,1H3,(H,39,44)/t32-,35-/m1/s1. The highest BCUT2D eigenvalue weighted by Gasteiger charge is 2.54. The Balaban J connectivity index is 1.62. The number of rotatable bonds is 13. The fraction of sp³-hybridized carbons (Fsp3) is 0.257. The number of ether oxygens (including phenoxy) is 2. The van der Waals surface area contributed by atoms with Crippen LogP contribution in [-0.4, -0.2) is 35.7 Å². The number of halogens is 2. The summed E-state index contributed by atoms with van der Waals surface area (Å²) in [5.74, 6) is 0.529. The van der Waals surface area contributed by atoms with Crippen LogP contribution in [0.25, 0.3) is 10.4 Å². The molecule has 11 heteroatoms. The number of hydrogen-bond donors (Lipinski definition) is 2. The molecule has 0 saturated carbocycles. The Hall–Kier alpha value is -4.53. The molecule has 0 spiro atoms. The van der Waals surface area contributed by atoms with E-state index >= 15 is 0 Å². The highest BCUT2D eigenvalue weighted by Crippen LogP contribution is 2.45. The molecule has 4 aromatic rings. The molecule has 2 atom stereocenters. The van der Waals surface area contributed by atoms with E-state index in [9.17, 15) is 4.79 Å². The number of carbonyl (C=O) groups excluding carboxylic acids is 1. The third-order valence-electron chi connectivity index (χ3n) is 7.69. The summed E-state index contributed by atoms with van der Waals surface area (Å²) in [7, 11) is 0. The number of aliphatic hydroxyl groups excluding tert-OH is 1. The van der Waals surface area contributed by atoms with Crippen molar-refractivity contribution in [3.63, 3.8) is 0 Å². The van der Waals surface area contributed by atoms with Crippen molar-refractivity contribution in [2.75, 3.05) is 13.2 Å². The van der Waals surface area contributed by atoms with Gasteiger partial charge in [0, 0.05) is 52.1 Å². The Morgan fingerprint density at radius 2 is 1.85 bits per heavy atom. The maximum atomic E-state index is 14.6. The summed E-state index contributed by atoms with van der Waals surface area (Å²) in [5.41, 5.74) is 12.3. The molecule has 0 saturated heterocycles. The van der Waals surface area contributed by atoms with Gasteiger partial charge in [-0.3, -0.25) is 4.79 Å². The molecule has 1 amide bonds. The molecule has 0 fully saturated rings. The number of amides is 1. The lowest BCUT2D eigenvalue weighted by Gasteiger charge is -2.32. The molecule has 0 aromatic heterocycles. The molecular formula is C35H33Cl2N5O4. The average Bonchev–Trinajstić information content (AvgIpc) is 3.43. The first-order chi connectivity index (χ1) is 22.3. The van der Waals surface area contributed by atoms with Crippen molar-refractivity contribution in [2.24, 2.45) is 10.1 Å². The minimum atomic E-state index is -1.51. The number of aryl methyl sites for hydroxylation is 1. The van der Waals surface area contributed by atoms with Crippen molar-refractivity contribution in [1.29, 1.82) is 0 Å². The fourth-order valence-electron chi connectivity index (χ4n) is 5.41. The highest BCUT2D eigenvalue weighted by molar-refractivity contribution is 6.35. The van der Waals surface area contributed by atoms with E-state index in [1.54, 1.807) is 30.3 Å². The number of azide groups is 1.